The van der Waals surface area contributed by atoms with Crippen molar-refractivity contribution in [2.75, 3.05) is 26.9 Å². The Bertz CT molecular complexity index is 603. The number of carbonyl (C=O) groups excluding carboxylic acids is 1. The highest BCUT2D eigenvalue weighted by atomic mass is 32.2. The third-order valence-corrected chi connectivity index (χ3v) is 2.63. The molecule has 0 fully saturated rings. The van der Waals surface area contributed by atoms with Crippen LogP contribution in [0.3, 0.4) is 0 Å². The van der Waals surface area contributed by atoms with Crippen LogP contribution in [0.1, 0.15) is 26.3 Å². The molecule has 1 aromatic rings. The van der Waals surface area contributed by atoms with Gasteiger partial charge in [-0.25, -0.2) is 18.4 Å². The Morgan fingerprint density at radius 2 is 1.72 bits per heavy atom. The summed E-state index contributed by atoms with van der Waals surface area (Å²) in [6.07, 6.45) is 1.37. The Kier molecular flexibility index (Phi) is 9.69. The van der Waals surface area contributed by atoms with Crippen molar-refractivity contribution in [1.82, 2.24) is 10.2 Å². The summed E-state index contributed by atoms with van der Waals surface area (Å²) in [5.74, 6) is 0. The number of sulfonamides is 1. The number of hydrogen-bond donors (Lipinski definition) is 2. The lowest BCUT2D eigenvalue weighted by Crippen LogP contribution is -2.45. The molecule has 0 saturated heterocycles. The largest absolute Gasteiger partial charge is 0.444 e. The van der Waals surface area contributed by atoms with Crippen LogP contribution in [0.25, 0.3) is 0 Å². The normalized spacial score (nSPS) is 12.8. The Morgan fingerprint density at radius 3 is 2.12 bits per heavy atom. The van der Waals surface area contributed by atoms with Gasteiger partial charge < -0.3 is 15.0 Å². The zero-order valence-corrected chi connectivity index (χ0v) is 16.8. The number of nitrogens with one attached hydrogen (secondary N) is 1. The lowest BCUT2D eigenvalue weighted by atomic mass is 10.1. The number of carbonyl (C=O) groups is 1. The Morgan fingerprint density at radius 1 is 1.24 bits per heavy atom. The van der Waals surface area contributed by atoms with Crippen LogP contribution in [0.4, 0.5) is 4.79 Å². The average molecular weight is 374 g/mol. The lowest BCUT2D eigenvalue weighted by molar-refractivity contribution is 0.0497. The fraction of sp³-hybridized carbons (Fsp3) is 0.588. The van der Waals surface area contributed by atoms with Gasteiger partial charge >= 0.3 is 6.09 Å². The van der Waals surface area contributed by atoms with Crippen molar-refractivity contribution >= 4 is 16.1 Å². The van der Waals surface area contributed by atoms with E-state index in [9.17, 15) is 13.2 Å². The second-order valence-electron chi connectivity index (χ2n) is 7.12. The second-order valence-corrected chi connectivity index (χ2v) is 8.78. The van der Waals surface area contributed by atoms with Crippen molar-refractivity contribution in [3.8, 4) is 0 Å². The van der Waals surface area contributed by atoms with Gasteiger partial charge in [-0.2, -0.15) is 0 Å². The first-order chi connectivity index (χ1) is 11.3. The van der Waals surface area contributed by atoms with Crippen molar-refractivity contribution in [3.05, 3.63) is 35.9 Å². The second kappa shape index (κ2) is 10.4. The molecule has 1 atom stereocenters. The SMILES string of the molecule is CN(C)CC(Cc1ccccc1)NC(=O)OC(C)(C)C.CS(N)(=O)=O. The number of nitrogens with zero attached hydrogens (tertiary/aromatic N) is 1. The molecular weight excluding hydrogens is 342 g/mol. The van der Waals surface area contributed by atoms with Gasteiger partial charge in [-0.15, -0.1) is 0 Å². The third-order valence-electron chi connectivity index (χ3n) is 2.63. The molecule has 0 radical (unpaired) electrons. The number of nitrogens with two attached hydrogens (primary N) is 1. The van der Waals surface area contributed by atoms with Gasteiger partial charge in [0, 0.05) is 12.6 Å². The van der Waals surface area contributed by atoms with Crippen molar-refractivity contribution < 1.29 is 17.9 Å². The summed E-state index contributed by atoms with van der Waals surface area (Å²) in [6.45, 7) is 6.37. The first-order valence-electron chi connectivity index (χ1n) is 7.92. The predicted octanol–water partition coefficient (Wildman–Crippen LogP) is 1.59. The molecule has 0 saturated carbocycles. The molecule has 0 aromatic heterocycles. The quantitative estimate of drug-likeness (QED) is 0.816. The summed E-state index contributed by atoms with van der Waals surface area (Å²) in [7, 11) is 0.823. The van der Waals surface area contributed by atoms with E-state index in [0.29, 0.717) is 0 Å². The maximum Gasteiger partial charge on any atom is 0.407 e. The van der Waals surface area contributed by atoms with Crippen molar-refractivity contribution in [2.24, 2.45) is 5.14 Å². The van der Waals surface area contributed by atoms with Gasteiger partial charge in [0.25, 0.3) is 0 Å². The average Bonchev–Trinajstić information content (AvgIpc) is 2.34. The fourth-order valence-electron chi connectivity index (χ4n) is 1.97. The molecule has 3 N–H and O–H groups in total. The highest BCUT2D eigenvalue weighted by Crippen LogP contribution is 2.08. The van der Waals surface area contributed by atoms with Gasteiger partial charge in [-0.1, -0.05) is 30.3 Å². The number of alkyl carbamates (subject to hydrolysis) is 1. The number of ether oxygens (including phenoxy) is 1. The van der Waals surface area contributed by atoms with Crippen molar-refractivity contribution in [3.63, 3.8) is 0 Å². The van der Waals surface area contributed by atoms with Gasteiger partial charge in [0.2, 0.25) is 10.0 Å². The molecule has 0 aliphatic rings. The molecule has 7 nitrogen and oxygen atoms in total. The molecule has 0 bridgehead atoms. The molecular formula is C17H31N3O4S. The van der Waals surface area contributed by atoms with Crippen LogP contribution in [0.2, 0.25) is 0 Å². The Hall–Kier alpha value is -1.64. The van der Waals surface area contributed by atoms with Gasteiger partial charge in [0.15, 0.2) is 0 Å². The third kappa shape index (κ3) is 17.0. The number of benzene rings is 1. The smallest absolute Gasteiger partial charge is 0.407 e. The highest BCUT2D eigenvalue weighted by molar-refractivity contribution is 7.88. The van der Waals surface area contributed by atoms with E-state index >= 15 is 0 Å². The number of likely N-dealkylation sites (N-methyl/N-ethyl adjacent to an activating group) is 1. The standard InChI is InChI=1S/C16H26N2O2.CH5NO2S/c1-16(2,3)20-15(19)17-14(12-18(4)5)11-13-9-7-6-8-10-13;1-5(2,3)4/h6-10,14H,11-12H2,1-5H3,(H,17,19);1H3,(H2,2,3,4). The number of hydrogen-bond acceptors (Lipinski definition) is 5. The van der Waals surface area contributed by atoms with Gasteiger partial charge in [-0.05, 0) is 46.9 Å². The van der Waals surface area contributed by atoms with Gasteiger partial charge in [0.1, 0.15) is 5.60 Å². The van der Waals surface area contributed by atoms with Crippen LogP contribution in [-0.2, 0) is 21.2 Å². The predicted molar refractivity (Wildman–Crippen MR) is 101 cm³/mol. The van der Waals surface area contributed by atoms with E-state index in [1.165, 1.54) is 5.56 Å². The summed E-state index contributed by atoms with van der Waals surface area (Å²) in [5.41, 5.74) is 0.731. The molecule has 1 rings (SSSR count). The molecule has 1 amide bonds. The monoisotopic (exact) mass is 373 g/mol. The first-order valence-corrected chi connectivity index (χ1v) is 9.87. The van der Waals surface area contributed by atoms with E-state index in [-0.39, 0.29) is 12.1 Å². The van der Waals surface area contributed by atoms with Crippen LogP contribution in [0.15, 0.2) is 30.3 Å². The molecule has 1 aromatic carbocycles. The zero-order chi connectivity index (χ0) is 19.7. The molecule has 144 valence electrons. The topological polar surface area (TPSA) is 102 Å². The van der Waals surface area contributed by atoms with Gasteiger partial charge in [-0.3, -0.25) is 0 Å². The van der Waals surface area contributed by atoms with E-state index in [2.05, 4.69) is 27.5 Å². The maximum absolute atomic E-state index is 11.9. The minimum absolute atomic E-state index is 0.0299. The number of amides is 1. The number of primary sulfonamides is 1. The van der Waals surface area contributed by atoms with E-state index in [0.717, 1.165) is 19.2 Å². The molecule has 0 heterocycles. The summed E-state index contributed by atoms with van der Waals surface area (Å²) in [6, 6.07) is 10.2. The summed E-state index contributed by atoms with van der Waals surface area (Å²) in [4.78, 5) is 13.9. The van der Waals surface area contributed by atoms with Crippen LogP contribution in [0.5, 0.6) is 0 Å². The summed E-state index contributed by atoms with van der Waals surface area (Å²) < 4.78 is 24.1. The zero-order valence-electron chi connectivity index (χ0n) is 15.9. The molecule has 0 spiro atoms. The Labute approximate surface area is 151 Å². The molecule has 1 unspecified atom stereocenters. The van der Waals surface area contributed by atoms with Crippen LogP contribution < -0.4 is 10.5 Å². The maximum atomic E-state index is 11.9. The van der Waals surface area contributed by atoms with E-state index in [1.807, 2.05) is 53.1 Å². The van der Waals surface area contributed by atoms with Crippen molar-refractivity contribution in [1.29, 1.82) is 0 Å². The molecule has 25 heavy (non-hydrogen) atoms. The number of rotatable bonds is 5. The molecule has 0 aliphatic carbocycles. The summed E-state index contributed by atoms with van der Waals surface area (Å²) >= 11 is 0. The molecule has 0 aliphatic heterocycles. The van der Waals surface area contributed by atoms with Crippen LogP contribution in [0, 0.1) is 0 Å². The highest BCUT2D eigenvalue weighted by Gasteiger charge is 2.20. The Balaban J connectivity index is 0.00000101. The first kappa shape index (κ1) is 23.4. The van der Waals surface area contributed by atoms with E-state index in [4.69, 9.17) is 4.74 Å². The summed E-state index contributed by atoms with van der Waals surface area (Å²) in [5, 5.41) is 7.28. The molecule has 8 heteroatoms. The van der Waals surface area contributed by atoms with Crippen LogP contribution >= 0.6 is 0 Å². The van der Waals surface area contributed by atoms with Crippen LogP contribution in [-0.4, -0.2) is 57.9 Å². The van der Waals surface area contributed by atoms with Crippen molar-refractivity contribution in [2.45, 2.75) is 38.8 Å². The van der Waals surface area contributed by atoms with E-state index < -0.39 is 15.6 Å². The minimum Gasteiger partial charge on any atom is -0.444 e. The van der Waals surface area contributed by atoms with Gasteiger partial charge in [0.05, 0.1) is 6.26 Å². The minimum atomic E-state index is -3.17. The van der Waals surface area contributed by atoms with E-state index in [1.54, 1.807) is 0 Å². The lowest BCUT2D eigenvalue weighted by Gasteiger charge is -2.25. The fourth-order valence-corrected chi connectivity index (χ4v) is 1.97.